The summed E-state index contributed by atoms with van der Waals surface area (Å²) in [6, 6.07) is 0.596. The first-order chi connectivity index (χ1) is 8.33. The number of nitrogens with two attached hydrogens (primary N) is 1. The molecule has 0 unspecified atom stereocenters. The first-order valence-corrected chi connectivity index (χ1v) is 6.83. The number of urea groups is 1. The van der Waals surface area contributed by atoms with Crippen LogP contribution in [0.3, 0.4) is 0 Å². The van der Waals surface area contributed by atoms with Gasteiger partial charge < -0.3 is 10.6 Å². The number of amides is 2. The fraction of sp³-hybridized carbons (Fsp3) is 0.923. The number of hydrogen-bond acceptors (Lipinski definition) is 1. The molecule has 2 aliphatic carbocycles. The number of primary amides is 1. The Hall–Kier alpha value is -0.730. The van der Waals surface area contributed by atoms with Crippen molar-refractivity contribution in [1.29, 1.82) is 0 Å². The molecule has 0 bridgehead atoms. The monoisotopic (exact) mass is 225 g/mol. The van der Waals surface area contributed by atoms with Crippen LogP contribution in [0.5, 0.6) is 0 Å². The van der Waals surface area contributed by atoms with Gasteiger partial charge in [-0.1, -0.05) is 38.5 Å². The van der Waals surface area contributed by atoms with Gasteiger partial charge in [0.1, 0.15) is 0 Å². The van der Waals surface area contributed by atoms with Crippen molar-refractivity contribution in [3.8, 4) is 0 Å². The first-order valence-electron chi connectivity index (χ1n) is 7.33. The molecule has 16 heavy (non-hydrogen) atoms. The van der Waals surface area contributed by atoms with Crippen LogP contribution >= 0.6 is 0 Å². The van der Waals surface area contributed by atoms with Crippen LogP contribution < -0.4 is 5.73 Å². The molecule has 3 nitrogen and oxygen atoms in total. The topological polar surface area (TPSA) is 46.3 Å². The highest BCUT2D eigenvalue weighted by Crippen LogP contribution is 2.29. The molecule has 0 saturated heterocycles. The molecule has 2 fully saturated rings. The fourth-order valence-electron chi connectivity index (χ4n) is 3.35. The highest BCUT2D eigenvalue weighted by Gasteiger charge is 2.30. The lowest BCUT2D eigenvalue weighted by Crippen LogP contribution is -2.51. The molecule has 0 aromatic heterocycles. The summed E-state index contributed by atoms with van der Waals surface area (Å²) in [6.07, 6.45) is 12.1. The zero-order chi connectivity index (χ0) is 12.1. The van der Waals surface area contributed by atoms with Gasteiger partial charge in [-0.3, -0.25) is 0 Å². The van der Waals surface area contributed by atoms with Gasteiger partial charge >= 0.3 is 6.03 Å². The molecule has 92 valence electrons. The summed E-state index contributed by atoms with van der Waals surface area (Å²) in [6.45, 7) is 0. The standard InChI is InChI=1S/C13H24N2O/c14-13(16)15(11-7-3-1-4-8-11)12-9-5-2-6-10-12/h11-12H,1-10H2,(H2,14,16)/i/hD. The SMILES string of the molecule is [2H]NC(=O)N(C1CCCCC1)C1CCCCC1. The summed E-state index contributed by atoms with van der Waals surface area (Å²) < 4.78 is 7.14. The molecule has 0 aliphatic heterocycles. The van der Waals surface area contributed by atoms with Crippen molar-refractivity contribution in [2.45, 2.75) is 76.3 Å². The van der Waals surface area contributed by atoms with Gasteiger partial charge in [-0.15, -0.1) is 0 Å². The van der Waals surface area contributed by atoms with Gasteiger partial charge in [0.2, 0.25) is 0 Å². The van der Waals surface area contributed by atoms with Crippen LogP contribution in [0.25, 0.3) is 0 Å². The van der Waals surface area contributed by atoms with Gasteiger partial charge in [-0.05, 0) is 25.7 Å². The van der Waals surface area contributed by atoms with E-state index in [1.165, 1.54) is 38.5 Å². The minimum Gasteiger partial charge on any atom is -0.351 e. The summed E-state index contributed by atoms with van der Waals surface area (Å²) in [5.74, 6) is 0. The zero-order valence-electron chi connectivity index (χ0n) is 11.1. The number of rotatable bonds is 2. The third kappa shape index (κ3) is 2.69. The Balaban J connectivity index is 2.02. The number of carbonyl (C=O) groups is 1. The molecule has 0 aromatic carbocycles. The number of hydrogen-bond donors (Lipinski definition) is 1. The van der Waals surface area contributed by atoms with Gasteiger partial charge in [-0.2, -0.15) is 0 Å². The second-order valence-electron chi connectivity index (χ2n) is 5.30. The molecule has 2 rings (SSSR count). The maximum absolute atomic E-state index is 11.9. The third-order valence-corrected chi connectivity index (χ3v) is 4.17. The van der Waals surface area contributed by atoms with Gasteiger partial charge in [0.05, 0.1) is 0 Å². The summed E-state index contributed by atoms with van der Waals surface area (Å²) in [5, 5.41) is 0. The zero-order valence-corrected chi connectivity index (χ0v) is 10.1. The van der Waals surface area contributed by atoms with Crippen molar-refractivity contribution in [3.05, 3.63) is 0 Å². The van der Waals surface area contributed by atoms with Crippen LogP contribution in [-0.4, -0.2) is 23.0 Å². The van der Waals surface area contributed by atoms with E-state index in [1.54, 1.807) is 0 Å². The van der Waals surface area contributed by atoms with E-state index >= 15 is 0 Å². The predicted octanol–water partition coefficient (Wildman–Crippen LogP) is 3.03. The molecule has 0 radical (unpaired) electrons. The lowest BCUT2D eigenvalue weighted by Gasteiger charge is -2.40. The third-order valence-electron chi connectivity index (χ3n) is 4.17. The molecular formula is C13H24N2O. The van der Waals surface area contributed by atoms with Crippen LogP contribution in [0.1, 0.15) is 64.2 Å². The molecular weight excluding hydrogens is 200 g/mol. The minimum atomic E-state index is -0.177. The lowest BCUT2D eigenvalue weighted by atomic mass is 9.89. The Morgan fingerprint density at radius 2 is 1.38 bits per heavy atom. The Bertz CT molecular complexity index is 230. The van der Waals surface area contributed by atoms with Crippen LogP contribution in [0.4, 0.5) is 4.79 Å². The molecule has 3 heteroatoms. The second kappa shape index (κ2) is 5.55. The van der Waals surface area contributed by atoms with E-state index in [4.69, 9.17) is 1.41 Å². The minimum absolute atomic E-state index is 0.177. The quantitative estimate of drug-likeness (QED) is 0.771. The van der Waals surface area contributed by atoms with E-state index in [2.05, 4.69) is 5.73 Å². The fourth-order valence-corrected chi connectivity index (χ4v) is 3.35. The van der Waals surface area contributed by atoms with Crippen LogP contribution in [0.2, 0.25) is 1.41 Å². The Morgan fingerprint density at radius 1 is 0.938 bits per heavy atom. The Kier molecular flexibility index (Phi) is 3.62. The highest BCUT2D eigenvalue weighted by atomic mass is 16.2. The molecule has 2 saturated carbocycles. The van der Waals surface area contributed by atoms with Gasteiger partial charge in [0.25, 0.3) is 0 Å². The van der Waals surface area contributed by atoms with Crippen molar-refractivity contribution in [2.75, 3.05) is 0 Å². The Labute approximate surface area is 99.8 Å². The maximum Gasteiger partial charge on any atom is 0.315 e. The van der Waals surface area contributed by atoms with Crippen LogP contribution in [-0.2, 0) is 0 Å². The van der Waals surface area contributed by atoms with Crippen molar-refractivity contribution >= 4 is 6.03 Å². The molecule has 0 spiro atoms. The van der Waals surface area contributed by atoms with E-state index in [0.717, 1.165) is 25.7 Å². The average molecular weight is 225 g/mol. The number of nitrogens with zero attached hydrogens (tertiary/aromatic N) is 1. The molecule has 2 amide bonds. The summed E-state index contributed by atoms with van der Waals surface area (Å²) in [4.78, 5) is 13.9. The normalized spacial score (nSPS) is 24.9. The largest absolute Gasteiger partial charge is 0.351 e. The van der Waals surface area contributed by atoms with Gasteiger partial charge in [0, 0.05) is 12.1 Å². The van der Waals surface area contributed by atoms with Crippen LogP contribution in [0.15, 0.2) is 0 Å². The van der Waals surface area contributed by atoms with Gasteiger partial charge in [-0.25, -0.2) is 4.79 Å². The molecule has 0 heterocycles. The van der Waals surface area contributed by atoms with E-state index < -0.39 is 0 Å². The lowest BCUT2D eigenvalue weighted by molar-refractivity contribution is 0.111. The summed E-state index contributed by atoms with van der Waals surface area (Å²) in [5.41, 5.74) is 2.10. The van der Waals surface area contributed by atoms with E-state index in [-0.39, 0.29) is 6.03 Å². The van der Waals surface area contributed by atoms with E-state index in [9.17, 15) is 4.79 Å². The van der Waals surface area contributed by atoms with Crippen LogP contribution in [0, 0.1) is 0 Å². The van der Waals surface area contributed by atoms with Crippen molar-refractivity contribution in [1.82, 2.24) is 4.90 Å². The maximum atomic E-state index is 11.9. The Morgan fingerprint density at radius 3 is 1.75 bits per heavy atom. The summed E-state index contributed by atoms with van der Waals surface area (Å²) in [7, 11) is 0. The smallest absolute Gasteiger partial charge is 0.315 e. The summed E-state index contributed by atoms with van der Waals surface area (Å²) >= 11 is 0. The van der Waals surface area contributed by atoms with Gasteiger partial charge in [0.15, 0.2) is 1.41 Å². The van der Waals surface area contributed by atoms with Crippen molar-refractivity contribution in [3.63, 3.8) is 0 Å². The van der Waals surface area contributed by atoms with Crippen molar-refractivity contribution < 1.29 is 6.21 Å². The molecule has 2 aliphatic rings. The molecule has 0 atom stereocenters. The van der Waals surface area contributed by atoms with Crippen molar-refractivity contribution in [2.24, 2.45) is 5.73 Å². The second-order valence-corrected chi connectivity index (χ2v) is 5.30. The highest BCUT2D eigenvalue weighted by molar-refractivity contribution is 5.72. The molecule has 2 N–H and O–H groups in total. The number of carbonyl (C=O) groups excluding carboxylic acids is 1. The molecule has 0 aromatic rings. The first kappa shape index (κ1) is 10.4. The average Bonchev–Trinajstić information content (AvgIpc) is 2.41. The predicted molar refractivity (Wildman–Crippen MR) is 65.2 cm³/mol. The van der Waals surface area contributed by atoms with E-state index in [1.807, 2.05) is 4.90 Å². The van der Waals surface area contributed by atoms with E-state index in [0.29, 0.717) is 12.1 Å².